The predicted molar refractivity (Wildman–Crippen MR) is 161 cm³/mol. The van der Waals surface area contributed by atoms with Gasteiger partial charge in [0.05, 0.1) is 18.2 Å². The number of imide groups is 1. The molecule has 2 aromatic carbocycles. The third-order valence-electron chi connectivity index (χ3n) is 7.91. The maximum absolute atomic E-state index is 13.8. The second-order valence-electron chi connectivity index (χ2n) is 12.8. The van der Waals surface area contributed by atoms with Crippen LogP contribution in [0.5, 0.6) is 0 Å². The minimum absolute atomic E-state index is 0.0111. The third-order valence-corrected chi connectivity index (χ3v) is 7.91. The molecule has 0 spiro atoms. The van der Waals surface area contributed by atoms with Gasteiger partial charge < -0.3 is 14.2 Å². The fourth-order valence-electron chi connectivity index (χ4n) is 5.53. The van der Waals surface area contributed by atoms with Crippen molar-refractivity contribution in [2.75, 3.05) is 33.3 Å². The second kappa shape index (κ2) is 13.2. The monoisotopic (exact) mass is 607 g/mol. The van der Waals surface area contributed by atoms with Crippen molar-refractivity contribution >= 4 is 29.8 Å². The molecule has 1 fully saturated rings. The van der Waals surface area contributed by atoms with Crippen molar-refractivity contribution < 1.29 is 38.2 Å². The van der Waals surface area contributed by atoms with Gasteiger partial charge in [-0.2, -0.15) is 0 Å². The number of ether oxygens (including phenoxy) is 3. The normalized spacial score (nSPS) is 18.1. The summed E-state index contributed by atoms with van der Waals surface area (Å²) in [5, 5.41) is 0. The van der Waals surface area contributed by atoms with E-state index in [4.69, 9.17) is 14.2 Å². The predicted octanol–water partition coefficient (Wildman–Crippen LogP) is 3.91. The van der Waals surface area contributed by atoms with Gasteiger partial charge in [0.2, 0.25) is 0 Å². The summed E-state index contributed by atoms with van der Waals surface area (Å²) in [5.74, 6) is -2.34. The molecule has 0 aromatic heterocycles. The molecule has 0 radical (unpaired) electrons. The van der Waals surface area contributed by atoms with Crippen molar-refractivity contribution in [2.24, 2.45) is 5.41 Å². The number of hydrogen-bond donors (Lipinski definition) is 0. The Labute approximate surface area is 258 Å². The molecule has 0 saturated carbocycles. The van der Waals surface area contributed by atoms with E-state index >= 15 is 0 Å². The van der Waals surface area contributed by atoms with Crippen LogP contribution in [-0.2, 0) is 30.4 Å². The van der Waals surface area contributed by atoms with Crippen LogP contribution < -0.4 is 0 Å². The zero-order chi connectivity index (χ0) is 32.2. The zero-order valence-electron chi connectivity index (χ0n) is 26.2. The maximum Gasteiger partial charge on any atom is 0.411 e. The van der Waals surface area contributed by atoms with Crippen molar-refractivity contribution in [2.45, 2.75) is 65.3 Å². The van der Waals surface area contributed by atoms with E-state index in [1.54, 1.807) is 45.0 Å². The van der Waals surface area contributed by atoms with Crippen LogP contribution in [0.4, 0.5) is 4.79 Å². The van der Waals surface area contributed by atoms with Gasteiger partial charge in [0.1, 0.15) is 24.3 Å². The van der Waals surface area contributed by atoms with Crippen molar-refractivity contribution in [1.29, 1.82) is 0 Å². The molecule has 0 N–H and O–H groups in total. The molecule has 0 unspecified atom stereocenters. The summed E-state index contributed by atoms with van der Waals surface area (Å²) >= 11 is 0. The lowest BCUT2D eigenvalue weighted by Gasteiger charge is -2.42. The molecule has 0 bridgehead atoms. The van der Waals surface area contributed by atoms with Gasteiger partial charge in [0.25, 0.3) is 11.8 Å². The van der Waals surface area contributed by atoms with Crippen molar-refractivity contribution in [1.82, 2.24) is 14.7 Å². The number of amides is 3. The highest BCUT2D eigenvalue weighted by Gasteiger charge is 2.50. The number of piperazine rings is 1. The van der Waals surface area contributed by atoms with Gasteiger partial charge in [-0.1, -0.05) is 56.3 Å². The van der Waals surface area contributed by atoms with Gasteiger partial charge in [-0.05, 0) is 56.8 Å². The Morgan fingerprint density at radius 3 is 2.05 bits per heavy atom. The quantitative estimate of drug-likeness (QED) is 0.237. The number of esters is 2. The SMILES string of the molecule is COC(=O)[C@H]1CN(CCC(C)(C)[C@@H](C(=O)OCc2ccccc2)N2C(=O)c3ccccc3C2=O)CCN1C(=O)OC(C)(C)C. The number of rotatable bonds is 9. The molecule has 2 atom stereocenters. The average Bonchev–Trinajstić information content (AvgIpc) is 3.23. The highest BCUT2D eigenvalue weighted by Crippen LogP contribution is 2.36. The number of fused-ring (bicyclic) bond motifs is 1. The van der Waals surface area contributed by atoms with Gasteiger partial charge in [-0.3, -0.25) is 24.3 Å². The van der Waals surface area contributed by atoms with Crippen LogP contribution in [0.15, 0.2) is 54.6 Å². The van der Waals surface area contributed by atoms with Gasteiger partial charge in [-0.15, -0.1) is 0 Å². The van der Waals surface area contributed by atoms with E-state index in [1.807, 2.05) is 49.1 Å². The topological polar surface area (TPSA) is 123 Å². The first-order valence-electron chi connectivity index (χ1n) is 14.7. The fraction of sp³-hybridized carbons (Fsp3) is 0.485. The zero-order valence-corrected chi connectivity index (χ0v) is 26.2. The molecular formula is C33H41N3O8. The first kappa shape index (κ1) is 32.7. The van der Waals surface area contributed by atoms with Crippen LogP contribution in [0.1, 0.15) is 67.3 Å². The van der Waals surface area contributed by atoms with E-state index in [1.165, 1.54) is 12.0 Å². The Morgan fingerprint density at radius 2 is 1.48 bits per heavy atom. The van der Waals surface area contributed by atoms with Crippen LogP contribution in [0.25, 0.3) is 0 Å². The van der Waals surface area contributed by atoms with E-state index in [-0.39, 0.29) is 30.8 Å². The summed E-state index contributed by atoms with van der Waals surface area (Å²) in [5.41, 5.74) is -0.393. The molecule has 2 aliphatic heterocycles. The van der Waals surface area contributed by atoms with E-state index in [0.29, 0.717) is 19.5 Å². The molecule has 3 amide bonds. The Morgan fingerprint density at radius 1 is 0.886 bits per heavy atom. The Kier molecular flexibility index (Phi) is 9.78. The highest BCUT2D eigenvalue weighted by molar-refractivity contribution is 6.22. The average molecular weight is 608 g/mol. The van der Waals surface area contributed by atoms with Crippen LogP contribution in [0.3, 0.4) is 0 Å². The summed E-state index contributed by atoms with van der Waals surface area (Å²) in [6.07, 6.45) is -0.231. The number of benzene rings is 2. The molecule has 2 heterocycles. The molecule has 236 valence electrons. The molecular weight excluding hydrogens is 566 g/mol. The highest BCUT2D eigenvalue weighted by atomic mass is 16.6. The summed E-state index contributed by atoms with van der Waals surface area (Å²) in [7, 11) is 1.27. The van der Waals surface area contributed by atoms with E-state index < -0.39 is 52.9 Å². The number of nitrogens with zero attached hydrogens (tertiary/aromatic N) is 3. The maximum atomic E-state index is 13.8. The van der Waals surface area contributed by atoms with Gasteiger partial charge in [0, 0.05) is 19.6 Å². The number of carbonyl (C=O) groups is 5. The lowest BCUT2D eigenvalue weighted by molar-refractivity contribution is -0.154. The van der Waals surface area contributed by atoms with Gasteiger partial charge >= 0.3 is 18.0 Å². The standard InChI is InChI=1S/C33H41N3O8/c1-32(2,3)44-31(41)35-19-18-34(20-25(35)29(39)42-6)17-16-33(4,5)26(30(40)43-21-22-12-8-7-9-13-22)36-27(37)23-14-10-11-15-24(23)28(36)38/h7-15,25-26H,16-21H2,1-6H3/t25-,26-/m1/s1. The summed E-state index contributed by atoms with van der Waals surface area (Å²) in [4.78, 5) is 70.7. The molecule has 44 heavy (non-hydrogen) atoms. The van der Waals surface area contributed by atoms with Gasteiger partial charge in [-0.25, -0.2) is 14.4 Å². The third kappa shape index (κ3) is 7.27. The van der Waals surface area contributed by atoms with Crippen molar-refractivity contribution in [3.63, 3.8) is 0 Å². The van der Waals surface area contributed by atoms with E-state index in [9.17, 15) is 24.0 Å². The molecule has 11 heteroatoms. The van der Waals surface area contributed by atoms with E-state index in [0.717, 1.165) is 10.5 Å². The molecule has 1 saturated heterocycles. The number of carbonyl (C=O) groups excluding carboxylic acids is 5. The van der Waals surface area contributed by atoms with Crippen LogP contribution in [0.2, 0.25) is 0 Å². The lowest BCUT2D eigenvalue weighted by Crippen LogP contribution is -2.60. The minimum Gasteiger partial charge on any atom is -0.467 e. The van der Waals surface area contributed by atoms with E-state index in [2.05, 4.69) is 0 Å². The number of methoxy groups -OCH3 is 1. The van der Waals surface area contributed by atoms with Crippen molar-refractivity contribution in [3.05, 3.63) is 71.3 Å². The Bertz CT molecular complexity index is 1370. The molecule has 2 aromatic rings. The Hall–Kier alpha value is -4.25. The summed E-state index contributed by atoms with van der Waals surface area (Å²) in [6.45, 7) is 10.2. The summed E-state index contributed by atoms with van der Waals surface area (Å²) < 4.78 is 16.2. The number of hydrogen-bond acceptors (Lipinski definition) is 9. The van der Waals surface area contributed by atoms with Crippen molar-refractivity contribution in [3.8, 4) is 0 Å². The van der Waals surface area contributed by atoms with Crippen LogP contribution in [-0.4, -0.2) is 95.5 Å². The lowest BCUT2D eigenvalue weighted by atomic mass is 9.79. The van der Waals surface area contributed by atoms with Gasteiger partial charge in [0.15, 0.2) is 0 Å². The molecule has 4 rings (SSSR count). The largest absolute Gasteiger partial charge is 0.467 e. The first-order valence-corrected chi connectivity index (χ1v) is 14.7. The molecule has 2 aliphatic rings. The Balaban J connectivity index is 1.53. The molecule has 0 aliphatic carbocycles. The molecule has 11 nitrogen and oxygen atoms in total. The summed E-state index contributed by atoms with van der Waals surface area (Å²) in [6, 6.07) is 13.6. The minimum atomic E-state index is -1.21. The second-order valence-corrected chi connectivity index (χ2v) is 12.8. The van der Waals surface area contributed by atoms with Crippen LogP contribution in [0, 0.1) is 5.41 Å². The first-order chi connectivity index (χ1) is 20.7. The smallest absolute Gasteiger partial charge is 0.411 e. The fourth-order valence-corrected chi connectivity index (χ4v) is 5.53. The van der Waals surface area contributed by atoms with Crippen LogP contribution >= 0.6 is 0 Å².